The zero-order valence-corrected chi connectivity index (χ0v) is 13.0. The van der Waals surface area contributed by atoms with Crippen LogP contribution in [0, 0.1) is 5.92 Å². The van der Waals surface area contributed by atoms with Crippen molar-refractivity contribution in [3.8, 4) is 0 Å². The number of hydrogen-bond donors (Lipinski definition) is 1. The number of piperidine rings is 1. The molecule has 1 atom stereocenters. The van der Waals surface area contributed by atoms with E-state index in [0.29, 0.717) is 5.92 Å². The third-order valence-electron chi connectivity index (χ3n) is 3.56. The molecule has 1 saturated heterocycles. The molecule has 0 aromatic heterocycles. The summed E-state index contributed by atoms with van der Waals surface area (Å²) >= 11 is 1.90. The van der Waals surface area contributed by atoms with Gasteiger partial charge in [-0.3, -0.25) is 0 Å². The van der Waals surface area contributed by atoms with Gasteiger partial charge in [0.05, 0.1) is 0 Å². The second-order valence-corrected chi connectivity index (χ2v) is 6.40. The van der Waals surface area contributed by atoms with Gasteiger partial charge in [-0.25, -0.2) is 4.79 Å². The van der Waals surface area contributed by atoms with Gasteiger partial charge in [0.1, 0.15) is 0 Å². The Morgan fingerprint density at radius 2 is 2.20 bits per heavy atom. The van der Waals surface area contributed by atoms with E-state index >= 15 is 0 Å². The fourth-order valence-electron chi connectivity index (χ4n) is 2.46. The van der Waals surface area contributed by atoms with E-state index in [0.717, 1.165) is 38.2 Å². The predicted molar refractivity (Wildman–Crippen MR) is 85.2 cm³/mol. The molecule has 4 heteroatoms. The SMILES string of the molecule is CCCNC(=O)N1CCCC(CSc2ccccc2)C1. The molecule has 1 aromatic rings. The largest absolute Gasteiger partial charge is 0.338 e. The van der Waals surface area contributed by atoms with Crippen LogP contribution in [-0.2, 0) is 0 Å². The van der Waals surface area contributed by atoms with Crippen LogP contribution in [0.4, 0.5) is 4.79 Å². The zero-order valence-electron chi connectivity index (χ0n) is 12.2. The average Bonchev–Trinajstić information content (AvgIpc) is 2.52. The number of benzene rings is 1. The highest BCUT2D eigenvalue weighted by Gasteiger charge is 2.23. The Morgan fingerprint density at radius 3 is 2.95 bits per heavy atom. The highest BCUT2D eigenvalue weighted by Crippen LogP contribution is 2.25. The van der Waals surface area contributed by atoms with Gasteiger partial charge in [0.25, 0.3) is 0 Å². The molecule has 1 N–H and O–H groups in total. The standard InChI is InChI=1S/C16H24N2OS/c1-2-10-17-16(19)18-11-6-7-14(12-18)13-20-15-8-4-3-5-9-15/h3-5,8-9,14H,2,6-7,10-13H2,1H3,(H,17,19). The molecule has 0 spiro atoms. The molecule has 1 aliphatic rings. The molecule has 110 valence electrons. The Hall–Kier alpha value is -1.16. The van der Waals surface area contributed by atoms with E-state index in [9.17, 15) is 4.79 Å². The molecule has 1 aliphatic heterocycles. The van der Waals surface area contributed by atoms with Crippen molar-refractivity contribution in [2.24, 2.45) is 5.92 Å². The maximum Gasteiger partial charge on any atom is 0.317 e. The molecular formula is C16H24N2OS. The number of likely N-dealkylation sites (tertiary alicyclic amines) is 1. The van der Waals surface area contributed by atoms with Crippen molar-refractivity contribution in [1.82, 2.24) is 10.2 Å². The second kappa shape index (κ2) is 8.20. The average molecular weight is 292 g/mol. The van der Waals surface area contributed by atoms with Crippen molar-refractivity contribution in [3.05, 3.63) is 30.3 Å². The number of urea groups is 1. The predicted octanol–water partition coefficient (Wildman–Crippen LogP) is 3.61. The van der Waals surface area contributed by atoms with Crippen LogP contribution < -0.4 is 5.32 Å². The normalized spacial score (nSPS) is 18.9. The van der Waals surface area contributed by atoms with Crippen LogP contribution in [-0.4, -0.2) is 36.3 Å². The Balaban J connectivity index is 1.77. The number of nitrogens with zero attached hydrogens (tertiary/aromatic N) is 1. The minimum Gasteiger partial charge on any atom is -0.338 e. The lowest BCUT2D eigenvalue weighted by Gasteiger charge is -2.32. The third kappa shape index (κ3) is 4.75. The van der Waals surface area contributed by atoms with Gasteiger partial charge < -0.3 is 10.2 Å². The maximum atomic E-state index is 12.0. The van der Waals surface area contributed by atoms with Crippen LogP contribution in [0.25, 0.3) is 0 Å². The van der Waals surface area contributed by atoms with Crippen molar-refractivity contribution < 1.29 is 4.79 Å². The first-order valence-corrected chi connectivity index (χ1v) is 8.48. The summed E-state index contributed by atoms with van der Waals surface area (Å²) in [6.45, 7) is 4.66. The lowest BCUT2D eigenvalue weighted by Crippen LogP contribution is -2.46. The number of amides is 2. The van der Waals surface area contributed by atoms with Crippen LogP contribution in [0.15, 0.2) is 35.2 Å². The number of carbonyl (C=O) groups excluding carboxylic acids is 1. The molecule has 1 aromatic carbocycles. The summed E-state index contributed by atoms with van der Waals surface area (Å²) in [6, 6.07) is 10.6. The number of thioether (sulfide) groups is 1. The summed E-state index contributed by atoms with van der Waals surface area (Å²) in [6.07, 6.45) is 3.35. The van der Waals surface area contributed by atoms with Crippen LogP contribution in [0.5, 0.6) is 0 Å². The highest BCUT2D eigenvalue weighted by atomic mass is 32.2. The van der Waals surface area contributed by atoms with Gasteiger partial charge in [-0.15, -0.1) is 11.8 Å². The first-order chi connectivity index (χ1) is 9.79. The fourth-order valence-corrected chi connectivity index (χ4v) is 3.51. The fraction of sp³-hybridized carbons (Fsp3) is 0.562. The Kier molecular flexibility index (Phi) is 6.25. The lowest BCUT2D eigenvalue weighted by molar-refractivity contribution is 0.171. The lowest BCUT2D eigenvalue weighted by atomic mass is 10.0. The summed E-state index contributed by atoms with van der Waals surface area (Å²) in [7, 11) is 0. The van der Waals surface area contributed by atoms with E-state index in [-0.39, 0.29) is 6.03 Å². The Bertz CT molecular complexity index is 410. The molecule has 1 heterocycles. The van der Waals surface area contributed by atoms with E-state index in [1.165, 1.54) is 11.3 Å². The van der Waals surface area contributed by atoms with E-state index in [1.54, 1.807) is 0 Å². The summed E-state index contributed by atoms with van der Waals surface area (Å²) in [5.74, 6) is 1.71. The Morgan fingerprint density at radius 1 is 1.40 bits per heavy atom. The van der Waals surface area contributed by atoms with Crippen molar-refractivity contribution in [2.75, 3.05) is 25.4 Å². The first-order valence-electron chi connectivity index (χ1n) is 7.50. The van der Waals surface area contributed by atoms with Gasteiger partial charge in [0.15, 0.2) is 0 Å². The van der Waals surface area contributed by atoms with Gasteiger partial charge in [-0.2, -0.15) is 0 Å². The first kappa shape index (κ1) is 15.2. The summed E-state index contributed by atoms with van der Waals surface area (Å²) in [4.78, 5) is 15.3. The molecule has 0 radical (unpaired) electrons. The molecular weight excluding hydrogens is 268 g/mol. The minimum atomic E-state index is 0.112. The van der Waals surface area contributed by atoms with Crippen LogP contribution >= 0.6 is 11.8 Å². The zero-order chi connectivity index (χ0) is 14.2. The molecule has 20 heavy (non-hydrogen) atoms. The molecule has 0 aliphatic carbocycles. The third-order valence-corrected chi connectivity index (χ3v) is 4.80. The van der Waals surface area contributed by atoms with E-state index < -0.39 is 0 Å². The van der Waals surface area contributed by atoms with Crippen molar-refractivity contribution in [3.63, 3.8) is 0 Å². The highest BCUT2D eigenvalue weighted by molar-refractivity contribution is 7.99. The van der Waals surface area contributed by atoms with E-state index in [4.69, 9.17) is 0 Å². The number of hydrogen-bond acceptors (Lipinski definition) is 2. The minimum absolute atomic E-state index is 0.112. The molecule has 0 saturated carbocycles. The monoisotopic (exact) mass is 292 g/mol. The summed E-state index contributed by atoms with van der Waals surface area (Å²) < 4.78 is 0. The van der Waals surface area contributed by atoms with Gasteiger partial charge in [0, 0.05) is 30.3 Å². The van der Waals surface area contributed by atoms with E-state index in [1.807, 2.05) is 22.7 Å². The van der Waals surface area contributed by atoms with Crippen molar-refractivity contribution >= 4 is 17.8 Å². The smallest absolute Gasteiger partial charge is 0.317 e. The number of nitrogens with one attached hydrogen (secondary N) is 1. The summed E-state index contributed by atoms with van der Waals surface area (Å²) in [5, 5.41) is 2.98. The van der Waals surface area contributed by atoms with Gasteiger partial charge >= 0.3 is 6.03 Å². The topological polar surface area (TPSA) is 32.3 Å². The molecule has 3 nitrogen and oxygen atoms in total. The Labute approximate surface area is 126 Å². The molecule has 2 rings (SSSR count). The van der Waals surface area contributed by atoms with Gasteiger partial charge in [0.2, 0.25) is 0 Å². The maximum absolute atomic E-state index is 12.0. The van der Waals surface area contributed by atoms with Crippen molar-refractivity contribution in [2.45, 2.75) is 31.1 Å². The van der Waals surface area contributed by atoms with Gasteiger partial charge in [-0.1, -0.05) is 25.1 Å². The molecule has 0 bridgehead atoms. The molecule has 1 fully saturated rings. The van der Waals surface area contributed by atoms with Crippen LogP contribution in [0.1, 0.15) is 26.2 Å². The van der Waals surface area contributed by atoms with Crippen LogP contribution in [0.2, 0.25) is 0 Å². The molecule has 1 unspecified atom stereocenters. The number of carbonyl (C=O) groups is 1. The van der Waals surface area contributed by atoms with Crippen LogP contribution in [0.3, 0.4) is 0 Å². The quantitative estimate of drug-likeness (QED) is 0.841. The van der Waals surface area contributed by atoms with Gasteiger partial charge in [-0.05, 0) is 37.3 Å². The van der Waals surface area contributed by atoms with Crippen molar-refractivity contribution in [1.29, 1.82) is 0 Å². The summed E-state index contributed by atoms with van der Waals surface area (Å²) in [5.41, 5.74) is 0. The number of rotatable bonds is 5. The van der Waals surface area contributed by atoms with E-state index in [2.05, 4.69) is 36.5 Å². The second-order valence-electron chi connectivity index (χ2n) is 5.31. The molecule has 2 amide bonds.